The SMILES string of the molecule is Cc1ccc(NCc2ncc(-c3ccc(C#N)cc3)o2)c(Cl)c1. The number of nitrogens with zero attached hydrogens (tertiary/aromatic N) is 2. The third-order valence-electron chi connectivity index (χ3n) is 3.41. The number of aromatic nitrogens is 1. The molecular formula is C18H14ClN3O. The fourth-order valence-electron chi connectivity index (χ4n) is 2.17. The van der Waals surface area contributed by atoms with E-state index in [1.807, 2.05) is 37.3 Å². The van der Waals surface area contributed by atoms with E-state index in [2.05, 4.69) is 16.4 Å². The lowest BCUT2D eigenvalue weighted by atomic mass is 10.1. The van der Waals surface area contributed by atoms with Gasteiger partial charge in [-0.15, -0.1) is 0 Å². The van der Waals surface area contributed by atoms with Crippen LogP contribution in [-0.4, -0.2) is 4.98 Å². The van der Waals surface area contributed by atoms with Crippen molar-refractivity contribution in [2.75, 3.05) is 5.32 Å². The first-order valence-electron chi connectivity index (χ1n) is 7.11. The Morgan fingerprint density at radius 3 is 2.70 bits per heavy atom. The van der Waals surface area contributed by atoms with Crippen molar-refractivity contribution in [2.24, 2.45) is 0 Å². The highest BCUT2D eigenvalue weighted by Crippen LogP contribution is 2.24. The molecule has 0 aliphatic heterocycles. The third kappa shape index (κ3) is 3.53. The number of benzene rings is 2. The number of halogens is 1. The van der Waals surface area contributed by atoms with Gasteiger partial charge in [-0.25, -0.2) is 4.98 Å². The number of hydrogen-bond donors (Lipinski definition) is 1. The highest BCUT2D eigenvalue weighted by Gasteiger charge is 2.07. The first-order chi connectivity index (χ1) is 11.2. The molecule has 1 heterocycles. The molecule has 5 heteroatoms. The molecule has 0 saturated heterocycles. The van der Waals surface area contributed by atoms with Crippen molar-refractivity contribution in [3.05, 3.63) is 70.7 Å². The molecule has 114 valence electrons. The lowest BCUT2D eigenvalue weighted by molar-refractivity contribution is 0.516. The monoisotopic (exact) mass is 323 g/mol. The lowest BCUT2D eigenvalue weighted by Gasteiger charge is -2.06. The Balaban J connectivity index is 1.70. The predicted molar refractivity (Wildman–Crippen MR) is 90.2 cm³/mol. The summed E-state index contributed by atoms with van der Waals surface area (Å²) in [5.41, 5.74) is 3.45. The van der Waals surface area contributed by atoms with Gasteiger partial charge in [-0.3, -0.25) is 0 Å². The maximum Gasteiger partial charge on any atom is 0.214 e. The minimum absolute atomic E-state index is 0.444. The zero-order chi connectivity index (χ0) is 16.2. The molecule has 0 aliphatic rings. The van der Waals surface area contributed by atoms with E-state index in [-0.39, 0.29) is 0 Å². The van der Waals surface area contributed by atoms with Crippen LogP contribution < -0.4 is 5.32 Å². The van der Waals surface area contributed by atoms with Crippen LogP contribution in [0.2, 0.25) is 5.02 Å². The molecule has 1 aromatic heterocycles. The molecule has 0 aliphatic carbocycles. The summed E-state index contributed by atoms with van der Waals surface area (Å²) in [6.45, 7) is 2.44. The van der Waals surface area contributed by atoms with Crippen molar-refractivity contribution in [1.29, 1.82) is 5.26 Å². The molecule has 1 N–H and O–H groups in total. The molecule has 0 saturated carbocycles. The number of nitrogens with one attached hydrogen (secondary N) is 1. The van der Waals surface area contributed by atoms with Gasteiger partial charge in [0.05, 0.1) is 35.1 Å². The van der Waals surface area contributed by atoms with Gasteiger partial charge >= 0.3 is 0 Å². The van der Waals surface area contributed by atoms with E-state index in [1.165, 1.54) is 0 Å². The number of oxazole rings is 1. The average Bonchev–Trinajstić information content (AvgIpc) is 3.03. The summed E-state index contributed by atoms with van der Waals surface area (Å²) in [4.78, 5) is 4.26. The molecule has 0 bridgehead atoms. The maximum atomic E-state index is 8.82. The third-order valence-corrected chi connectivity index (χ3v) is 3.72. The van der Waals surface area contributed by atoms with Gasteiger partial charge in [0.1, 0.15) is 0 Å². The summed E-state index contributed by atoms with van der Waals surface area (Å²) in [7, 11) is 0. The van der Waals surface area contributed by atoms with Gasteiger partial charge in [0.25, 0.3) is 0 Å². The Kier molecular flexibility index (Phi) is 4.31. The van der Waals surface area contributed by atoms with Crippen molar-refractivity contribution in [1.82, 2.24) is 4.98 Å². The van der Waals surface area contributed by atoms with Crippen LogP contribution in [0.3, 0.4) is 0 Å². The van der Waals surface area contributed by atoms with Crippen LogP contribution in [0.1, 0.15) is 17.0 Å². The van der Waals surface area contributed by atoms with E-state index in [1.54, 1.807) is 18.3 Å². The highest BCUT2D eigenvalue weighted by molar-refractivity contribution is 6.33. The molecule has 0 spiro atoms. The Bertz CT molecular complexity index is 863. The van der Waals surface area contributed by atoms with Crippen LogP contribution in [0.25, 0.3) is 11.3 Å². The Hall–Kier alpha value is -2.77. The summed E-state index contributed by atoms with van der Waals surface area (Å²) in [5.74, 6) is 1.24. The first-order valence-corrected chi connectivity index (χ1v) is 7.49. The lowest BCUT2D eigenvalue weighted by Crippen LogP contribution is -2.00. The van der Waals surface area contributed by atoms with E-state index in [0.717, 1.165) is 16.8 Å². The Labute approximate surface area is 139 Å². The molecule has 0 atom stereocenters. The van der Waals surface area contributed by atoms with Gasteiger partial charge in [0.2, 0.25) is 5.89 Å². The smallest absolute Gasteiger partial charge is 0.214 e. The summed E-state index contributed by atoms with van der Waals surface area (Å²) >= 11 is 6.19. The minimum Gasteiger partial charge on any atom is -0.439 e. The van der Waals surface area contributed by atoms with Crippen LogP contribution in [-0.2, 0) is 6.54 Å². The number of aryl methyl sites for hydroxylation is 1. The standard InChI is InChI=1S/C18H14ClN3O/c1-12-2-7-16(15(19)8-12)21-11-18-22-10-17(23-18)14-5-3-13(9-20)4-6-14/h2-8,10,21H,11H2,1H3. The average molecular weight is 324 g/mol. The fourth-order valence-corrected chi connectivity index (χ4v) is 2.47. The molecular weight excluding hydrogens is 310 g/mol. The second-order valence-electron chi connectivity index (χ2n) is 5.14. The second-order valence-corrected chi connectivity index (χ2v) is 5.55. The minimum atomic E-state index is 0.444. The molecule has 0 amide bonds. The maximum absolute atomic E-state index is 8.82. The summed E-state index contributed by atoms with van der Waals surface area (Å²) in [5, 5.41) is 12.7. The van der Waals surface area contributed by atoms with Crippen LogP contribution in [0.4, 0.5) is 5.69 Å². The molecule has 3 aromatic rings. The van der Waals surface area contributed by atoms with E-state index in [9.17, 15) is 0 Å². The summed E-state index contributed by atoms with van der Waals surface area (Å²) in [6.07, 6.45) is 1.68. The normalized spacial score (nSPS) is 10.3. The van der Waals surface area contributed by atoms with Crippen molar-refractivity contribution in [3.63, 3.8) is 0 Å². The topological polar surface area (TPSA) is 61.9 Å². The molecule has 2 aromatic carbocycles. The molecule has 0 radical (unpaired) electrons. The van der Waals surface area contributed by atoms with Crippen molar-refractivity contribution >= 4 is 17.3 Å². The van der Waals surface area contributed by atoms with Crippen molar-refractivity contribution in [3.8, 4) is 17.4 Å². The van der Waals surface area contributed by atoms with Gasteiger partial charge in [-0.1, -0.05) is 17.7 Å². The molecule has 23 heavy (non-hydrogen) atoms. The molecule has 4 nitrogen and oxygen atoms in total. The highest BCUT2D eigenvalue weighted by atomic mass is 35.5. The number of nitriles is 1. The van der Waals surface area contributed by atoms with Gasteiger partial charge < -0.3 is 9.73 Å². The zero-order valence-corrected chi connectivity index (χ0v) is 13.3. The van der Waals surface area contributed by atoms with Crippen LogP contribution in [0.5, 0.6) is 0 Å². The van der Waals surface area contributed by atoms with Crippen molar-refractivity contribution in [2.45, 2.75) is 13.5 Å². The fraction of sp³-hybridized carbons (Fsp3) is 0.111. The van der Waals surface area contributed by atoms with Crippen LogP contribution in [0.15, 0.2) is 53.1 Å². The summed E-state index contributed by atoms with van der Waals surface area (Å²) in [6, 6.07) is 15.1. The second kappa shape index (κ2) is 6.55. The van der Waals surface area contributed by atoms with Gasteiger partial charge in [0, 0.05) is 5.56 Å². The van der Waals surface area contributed by atoms with E-state index in [0.29, 0.717) is 28.8 Å². The van der Waals surface area contributed by atoms with Gasteiger partial charge in [0.15, 0.2) is 5.76 Å². The van der Waals surface area contributed by atoms with Crippen molar-refractivity contribution < 1.29 is 4.42 Å². The predicted octanol–water partition coefficient (Wildman–Crippen LogP) is 4.79. The Morgan fingerprint density at radius 2 is 2.00 bits per heavy atom. The van der Waals surface area contributed by atoms with Crippen LogP contribution in [0, 0.1) is 18.3 Å². The van der Waals surface area contributed by atoms with Gasteiger partial charge in [-0.2, -0.15) is 5.26 Å². The quantitative estimate of drug-likeness (QED) is 0.750. The number of rotatable bonds is 4. The number of hydrogen-bond acceptors (Lipinski definition) is 4. The van der Waals surface area contributed by atoms with E-state index >= 15 is 0 Å². The van der Waals surface area contributed by atoms with Crippen LogP contribution >= 0.6 is 11.6 Å². The summed E-state index contributed by atoms with van der Waals surface area (Å²) < 4.78 is 5.73. The van der Waals surface area contributed by atoms with E-state index < -0.39 is 0 Å². The van der Waals surface area contributed by atoms with E-state index in [4.69, 9.17) is 21.3 Å². The first kappa shape index (κ1) is 15.1. The Morgan fingerprint density at radius 1 is 1.22 bits per heavy atom. The molecule has 0 fully saturated rings. The number of anilines is 1. The molecule has 3 rings (SSSR count). The molecule has 0 unspecified atom stereocenters. The van der Waals surface area contributed by atoms with Gasteiger partial charge in [-0.05, 0) is 48.9 Å². The zero-order valence-electron chi connectivity index (χ0n) is 12.5. The largest absolute Gasteiger partial charge is 0.439 e.